The number of hydrogen-bond donors (Lipinski definition) is 0. The lowest BCUT2D eigenvalue weighted by molar-refractivity contribution is 0.0998. The van der Waals surface area contributed by atoms with Gasteiger partial charge in [-0.25, -0.2) is 4.39 Å². The third kappa shape index (κ3) is 3.52. The number of amides is 1. The van der Waals surface area contributed by atoms with Gasteiger partial charge in [-0.2, -0.15) is 4.99 Å². The number of benzene rings is 3. The minimum absolute atomic E-state index is 0.331. The minimum Gasteiger partial charge on any atom is -0.457 e. The van der Waals surface area contributed by atoms with Crippen molar-refractivity contribution in [2.45, 2.75) is 0 Å². The summed E-state index contributed by atoms with van der Waals surface area (Å²) in [7, 11) is 1.70. The molecule has 3 aromatic carbocycles. The fourth-order valence-electron chi connectivity index (χ4n) is 2.71. The Labute approximate surface area is 158 Å². The Morgan fingerprint density at radius 1 is 0.963 bits per heavy atom. The molecule has 0 saturated carbocycles. The van der Waals surface area contributed by atoms with E-state index >= 15 is 0 Å². The molecular weight excluding hydrogens is 363 g/mol. The van der Waals surface area contributed by atoms with Gasteiger partial charge < -0.3 is 9.30 Å². The van der Waals surface area contributed by atoms with Gasteiger partial charge in [0.05, 0.1) is 10.2 Å². The largest absolute Gasteiger partial charge is 0.457 e. The van der Waals surface area contributed by atoms with Gasteiger partial charge in [0.15, 0.2) is 4.80 Å². The zero-order valence-corrected chi connectivity index (χ0v) is 15.2. The van der Waals surface area contributed by atoms with Gasteiger partial charge in [0.25, 0.3) is 5.91 Å². The van der Waals surface area contributed by atoms with Gasteiger partial charge in [-0.15, -0.1) is 0 Å². The Morgan fingerprint density at radius 2 is 1.67 bits per heavy atom. The maximum absolute atomic E-state index is 14.0. The van der Waals surface area contributed by atoms with Crippen molar-refractivity contribution in [3.05, 3.63) is 89.0 Å². The smallest absolute Gasteiger partial charge is 0.279 e. The van der Waals surface area contributed by atoms with Crippen LogP contribution in [0, 0.1) is 5.82 Å². The molecule has 0 N–H and O–H groups in total. The van der Waals surface area contributed by atoms with Crippen molar-refractivity contribution in [3.63, 3.8) is 0 Å². The van der Waals surface area contributed by atoms with E-state index in [9.17, 15) is 9.18 Å². The lowest BCUT2D eigenvalue weighted by atomic mass is 10.2. The summed E-state index contributed by atoms with van der Waals surface area (Å²) >= 11 is 1.28. The number of aryl methyl sites for hydroxylation is 1. The number of carbonyl (C=O) groups is 1. The number of carbonyl (C=O) groups excluding carboxylic acids is 1. The van der Waals surface area contributed by atoms with Gasteiger partial charge in [-0.3, -0.25) is 4.79 Å². The second-order valence-electron chi connectivity index (χ2n) is 5.89. The highest BCUT2D eigenvalue weighted by Gasteiger charge is 2.10. The summed E-state index contributed by atoms with van der Waals surface area (Å²) in [4.78, 5) is 17.1. The van der Waals surface area contributed by atoms with E-state index in [0.717, 1.165) is 10.4 Å². The van der Waals surface area contributed by atoms with Gasteiger partial charge in [0, 0.05) is 12.6 Å². The third-order valence-electron chi connectivity index (χ3n) is 4.05. The monoisotopic (exact) mass is 378 g/mol. The zero-order chi connectivity index (χ0) is 18.8. The van der Waals surface area contributed by atoms with Crippen LogP contribution < -0.4 is 9.54 Å². The molecule has 0 aliphatic rings. The van der Waals surface area contributed by atoms with E-state index in [2.05, 4.69) is 4.99 Å². The predicted molar refractivity (Wildman–Crippen MR) is 104 cm³/mol. The molecule has 0 spiro atoms. The molecule has 0 atom stereocenters. The molecule has 6 heteroatoms. The van der Waals surface area contributed by atoms with Crippen molar-refractivity contribution in [1.29, 1.82) is 0 Å². The average molecular weight is 378 g/mol. The second kappa shape index (κ2) is 7.17. The Hall–Kier alpha value is -3.25. The third-order valence-corrected chi connectivity index (χ3v) is 5.15. The highest BCUT2D eigenvalue weighted by molar-refractivity contribution is 7.16. The Morgan fingerprint density at radius 3 is 2.37 bits per heavy atom. The van der Waals surface area contributed by atoms with Crippen molar-refractivity contribution in [3.8, 4) is 11.5 Å². The molecule has 4 aromatic rings. The van der Waals surface area contributed by atoms with Crippen LogP contribution in [-0.4, -0.2) is 10.5 Å². The van der Waals surface area contributed by atoms with Crippen LogP contribution in [0.3, 0.4) is 0 Å². The van der Waals surface area contributed by atoms with Crippen LogP contribution in [0.2, 0.25) is 0 Å². The fourth-order valence-corrected chi connectivity index (χ4v) is 3.74. The van der Waals surface area contributed by atoms with Crippen molar-refractivity contribution in [2.24, 2.45) is 12.0 Å². The van der Waals surface area contributed by atoms with Gasteiger partial charge in [0.2, 0.25) is 0 Å². The van der Waals surface area contributed by atoms with Crippen molar-refractivity contribution in [1.82, 2.24) is 4.57 Å². The predicted octanol–water partition coefficient (Wildman–Crippen LogP) is 4.91. The zero-order valence-electron chi connectivity index (χ0n) is 14.4. The molecule has 134 valence electrons. The van der Waals surface area contributed by atoms with Crippen LogP contribution in [0.4, 0.5) is 4.39 Å². The first-order valence-electron chi connectivity index (χ1n) is 8.28. The maximum atomic E-state index is 14.0. The van der Waals surface area contributed by atoms with Gasteiger partial charge in [0.1, 0.15) is 17.3 Å². The number of rotatable bonds is 3. The SMILES string of the molecule is Cn1c(=NC(=O)c2ccc(Oc3ccccc3)cc2)sc2cccc(F)c21. The van der Waals surface area contributed by atoms with Crippen LogP contribution >= 0.6 is 11.3 Å². The summed E-state index contributed by atoms with van der Waals surface area (Å²) in [5.74, 6) is 0.638. The number of hydrogen-bond acceptors (Lipinski definition) is 3. The average Bonchev–Trinajstić information content (AvgIpc) is 3.00. The number of fused-ring (bicyclic) bond motifs is 1. The standard InChI is InChI=1S/C21H15FN2O2S/c1-24-19-17(22)8-5-9-18(19)27-21(24)23-20(25)14-10-12-16(13-11-14)26-15-6-3-2-4-7-15/h2-13H,1H3. The second-order valence-corrected chi connectivity index (χ2v) is 6.90. The Bertz CT molecular complexity index is 1180. The van der Waals surface area contributed by atoms with Gasteiger partial charge >= 0.3 is 0 Å². The van der Waals surface area contributed by atoms with E-state index in [1.54, 1.807) is 41.9 Å². The number of nitrogens with zero attached hydrogens (tertiary/aromatic N) is 2. The molecule has 4 rings (SSSR count). The quantitative estimate of drug-likeness (QED) is 0.508. The van der Waals surface area contributed by atoms with Crippen molar-refractivity contribution < 1.29 is 13.9 Å². The molecule has 1 heterocycles. The van der Waals surface area contributed by atoms with Crippen LogP contribution in [-0.2, 0) is 7.05 Å². The fraction of sp³-hybridized carbons (Fsp3) is 0.0476. The molecule has 0 aliphatic carbocycles. The van der Waals surface area contributed by atoms with Crippen molar-refractivity contribution in [2.75, 3.05) is 0 Å². The molecule has 0 unspecified atom stereocenters. The van der Waals surface area contributed by atoms with E-state index in [4.69, 9.17) is 4.74 Å². The summed E-state index contributed by atoms with van der Waals surface area (Å²) in [6.45, 7) is 0. The topological polar surface area (TPSA) is 43.6 Å². The maximum Gasteiger partial charge on any atom is 0.279 e. The van der Waals surface area contributed by atoms with E-state index in [1.165, 1.54) is 17.4 Å². The van der Waals surface area contributed by atoms with E-state index in [-0.39, 0.29) is 11.7 Å². The number of aromatic nitrogens is 1. The summed E-state index contributed by atoms with van der Waals surface area (Å²) in [5, 5.41) is 0. The van der Waals surface area contributed by atoms with Crippen LogP contribution in [0.1, 0.15) is 10.4 Å². The summed E-state index contributed by atoms with van der Waals surface area (Å²) in [6, 6.07) is 21.0. The molecule has 1 amide bonds. The molecule has 0 fully saturated rings. The molecule has 0 saturated heterocycles. The van der Waals surface area contributed by atoms with E-state index in [0.29, 0.717) is 21.6 Å². The minimum atomic E-state index is -0.385. The normalized spacial score (nSPS) is 11.7. The summed E-state index contributed by atoms with van der Waals surface area (Å²) < 4.78 is 22.1. The Kier molecular flexibility index (Phi) is 4.56. The summed E-state index contributed by atoms with van der Waals surface area (Å²) in [6.07, 6.45) is 0. The lowest BCUT2D eigenvalue weighted by Gasteiger charge is -2.05. The lowest BCUT2D eigenvalue weighted by Crippen LogP contribution is -2.13. The molecule has 1 aromatic heterocycles. The van der Waals surface area contributed by atoms with Gasteiger partial charge in [-0.1, -0.05) is 35.6 Å². The van der Waals surface area contributed by atoms with E-state index in [1.807, 2.05) is 36.4 Å². The Balaban J connectivity index is 1.61. The van der Waals surface area contributed by atoms with Crippen LogP contribution in [0.25, 0.3) is 10.2 Å². The number of para-hydroxylation sites is 2. The first-order chi connectivity index (χ1) is 13.1. The highest BCUT2D eigenvalue weighted by atomic mass is 32.1. The molecule has 0 bridgehead atoms. The molecular formula is C21H15FN2O2S. The number of thiazole rings is 1. The van der Waals surface area contributed by atoms with Gasteiger partial charge in [-0.05, 0) is 48.5 Å². The first kappa shape index (κ1) is 17.2. The first-order valence-corrected chi connectivity index (χ1v) is 9.09. The number of halogens is 1. The van der Waals surface area contributed by atoms with Crippen molar-refractivity contribution >= 4 is 27.5 Å². The van der Waals surface area contributed by atoms with Crippen LogP contribution in [0.15, 0.2) is 77.8 Å². The molecule has 0 radical (unpaired) electrons. The van der Waals surface area contributed by atoms with Crippen LogP contribution in [0.5, 0.6) is 11.5 Å². The molecule has 27 heavy (non-hydrogen) atoms. The highest BCUT2D eigenvalue weighted by Crippen LogP contribution is 2.22. The number of ether oxygens (including phenoxy) is 1. The van der Waals surface area contributed by atoms with E-state index < -0.39 is 0 Å². The molecule has 4 nitrogen and oxygen atoms in total. The summed E-state index contributed by atoms with van der Waals surface area (Å²) in [5.41, 5.74) is 0.883. The molecule has 0 aliphatic heterocycles.